The van der Waals surface area contributed by atoms with E-state index in [-0.39, 0.29) is 23.8 Å². The summed E-state index contributed by atoms with van der Waals surface area (Å²) in [6.07, 6.45) is 1.48. The van der Waals surface area contributed by atoms with Gasteiger partial charge >= 0.3 is 0 Å². The average molecular weight is 476 g/mol. The predicted octanol–water partition coefficient (Wildman–Crippen LogP) is 5.21. The number of hydrogen-bond acceptors (Lipinski definition) is 6. The minimum atomic E-state index is -3.66. The molecule has 32 heavy (non-hydrogen) atoms. The maximum Gasteiger partial charge on any atom is 0.228 e. The zero-order chi connectivity index (χ0) is 23.1. The fourth-order valence-corrected chi connectivity index (χ4v) is 4.94. The van der Waals surface area contributed by atoms with Gasteiger partial charge in [0.1, 0.15) is 23.0 Å². The van der Waals surface area contributed by atoms with Crippen molar-refractivity contribution >= 4 is 27.2 Å². The number of Topliss-reactive ketones (excluding diaryl/α,β-unsaturated/α-hetero) is 1. The SMILES string of the molecule is CCOc1ccc(CCCC(=O)CS(=O)(=O)Cc2nc(-c3ccccc3Cl)oc2C)cc1. The molecule has 0 amide bonds. The summed E-state index contributed by atoms with van der Waals surface area (Å²) in [5, 5.41) is 0.464. The van der Waals surface area contributed by atoms with E-state index in [4.69, 9.17) is 20.8 Å². The first-order valence-corrected chi connectivity index (χ1v) is 12.6. The van der Waals surface area contributed by atoms with Gasteiger partial charge in [0, 0.05) is 6.42 Å². The Balaban J connectivity index is 1.53. The number of ketones is 1. The van der Waals surface area contributed by atoms with E-state index in [1.165, 1.54) is 0 Å². The molecular weight excluding hydrogens is 450 g/mol. The molecule has 0 aliphatic carbocycles. The number of aromatic nitrogens is 1. The maximum absolute atomic E-state index is 12.6. The molecule has 0 N–H and O–H groups in total. The third kappa shape index (κ3) is 6.68. The quantitative estimate of drug-likeness (QED) is 0.378. The Hall–Kier alpha value is -2.64. The molecule has 1 aromatic heterocycles. The Bertz CT molecular complexity index is 1170. The maximum atomic E-state index is 12.6. The first-order chi connectivity index (χ1) is 15.3. The second kappa shape index (κ2) is 10.8. The number of carbonyl (C=O) groups is 1. The minimum Gasteiger partial charge on any atom is -0.494 e. The van der Waals surface area contributed by atoms with Gasteiger partial charge in [0.2, 0.25) is 5.89 Å². The topological polar surface area (TPSA) is 86.5 Å². The third-order valence-corrected chi connectivity index (χ3v) is 6.69. The van der Waals surface area contributed by atoms with Crippen LogP contribution < -0.4 is 4.74 Å². The molecule has 1 heterocycles. The largest absolute Gasteiger partial charge is 0.494 e. The number of sulfone groups is 1. The zero-order valence-corrected chi connectivity index (χ0v) is 19.7. The van der Waals surface area contributed by atoms with Gasteiger partial charge in [-0.3, -0.25) is 4.79 Å². The number of rotatable bonds is 11. The molecule has 0 atom stereocenters. The minimum absolute atomic E-state index is 0.203. The molecular formula is C24H26ClNO5S. The van der Waals surface area contributed by atoms with Gasteiger partial charge in [0.15, 0.2) is 9.84 Å². The summed E-state index contributed by atoms with van der Waals surface area (Å²) in [4.78, 5) is 16.6. The second-order valence-electron chi connectivity index (χ2n) is 7.50. The van der Waals surface area contributed by atoms with Gasteiger partial charge in [0.05, 0.1) is 28.6 Å². The van der Waals surface area contributed by atoms with E-state index >= 15 is 0 Å². The van der Waals surface area contributed by atoms with Crippen molar-refractivity contribution in [2.45, 2.75) is 38.9 Å². The van der Waals surface area contributed by atoms with E-state index in [0.717, 1.165) is 11.3 Å². The Labute approximate surface area is 193 Å². The van der Waals surface area contributed by atoms with E-state index in [0.29, 0.717) is 41.5 Å². The van der Waals surface area contributed by atoms with E-state index in [1.54, 1.807) is 31.2 Å². The van der Waals surface area contributed by atoms with Crippen LogP contribution in [0.2, 0.25) is 5.02 Å². The van der Waals surface area contributed by atoms with Crippen LogP contribution in [-0.2, 0) is 26.8 Å². The lowest BCUT2D eigenvalue weighted by Gasteiger charge is -2.05. The molecule has 6 nitrogen and oxygen atoms in total. The molecule has 0 aliphatic rings. The molecule has 0 bridgehead atoms. The number of carbonyl (C=O) groups excluding carboxylic acids is 1. The van der Waals surface area contributed by atoms with Crippen LogP contribution in [0.4, 0.5) is 0 Å². The summed E-state index contributed by atoms with van der Waals surface area (Å²) in [5.74, 6) is 0.302. The molecule has 8 heteroatoms. The van der Waals surface area contributed by atoms with Crippen molar-refractivity contribution in [1.82, 2.24) is 4.98 Å². The normalized spacial score (nSPS) is 11.5. The van der Waals surface area contributed by atoms with Crippen molar-refractivity contribution < 1.29 is 22.4 Å². The molecule has 0 radical (unpaired) electrons. The Kier molecular flexibility index (Phi) is 8.10. The van der Waals surface area contributed by atoms with Gasteiger partial charge in [-0.1, -0.05) is 35.9 Å². The number of ether oxygens (including phenoxy) is 1. The third-order valence-electron chi connectivity index (χ3n) is 4.89. The number of nitrogens with zero attached hydrogens (tertiary/aromatic N) is 1. The number of hydrogen-bond donors (Lipinski definition) is 0. The van der Waals surface area contributed by atoms with E-state index in [1.807, 2.05) is 31.2 Å². The number of oxazole rings is 1. The molecule has 0 unspecified atom stereocenters. The van der Waals surface area contributed by atoms with Gasteiger partial charge < -0.3 is 9.15 Å². The van der Waals surface area contributed by atoms with Gasteiger partial charge in [-0.2, -0.15) is 0 Å². The molecule has 3 aromatic rings. The summed E-state index contributed by atoms with van der Waals surface area (Å²) in [7, 11) is -3.66. The van der Waals surface area contributed by atoms with Crippen LogP contribution in [0.15, 0.2) is 52.9 Å². The lowest BCUT2D eigenvalue weighted by molar-refractivity contribution is -0.116. The molecule has 170 valence electrons. The fraction of sp³-hybridized carbons (Fsp3) is 0.333. The Morgan fingerprint density at radius 3 is 2.53 bits per heavy atom. The van der Waals surface area contributed by atoms with E-state index in [2.05, 4.69) is 4.98 Å². The van der Waals surface area contributed by atoms with Crippen molar-refractivity contribution in [1.29, 1.82) is 0 Å². The highest BCUT2D eigenvalue weighted by molar-refractivity contribution is 7.91. The summed E-state index contributed by atoms with van der Waals surface area (Å²) >= 11 is 6.17. The van der Waals surface area contributed by atoms with Gasteiger partial charge in [-0.25, -0.2) is 13.4 Å². The number of benzene rings is 2. The van der Waals surface area contributed by atoms with Crippen LogP contribution >= 0.6 is 11.6 Å². The molecule has 0 fully saturated rings. The highest BCUT2D eigenvalue weighted by Gasteiger charge is 2.22. The highest BCUT2D eigenvalue weighted by atomic mass is 35.5. The van der Waals surface area contributed by atoms with Crippen molar-refractivity contribution in [2.24, 2.45) is 0 Å². The van der Waals surface area contributed by atoms with Crippen LogP contribution in [0.1, 0.15) is 36.8 Å². The van der Waals surface area contributed by atoms with Crippen molar-refractivity contribution in [3.8, 4) is 17.2 Å². The zero-order valence-electron chi connectivity index (χ0n) is 18.1. The number of aryl methyl sites for hydroxylation is 2. The lowest BCUT2D eigenvalue weighted by Crippen LogP contribution is -2.18. The van der Waals surface area contributed by atoms with Crippen LogP contribution in [0.5, 0.6) is 5.75 Å². The summed E-state index contributed by atoms with van der Waals surface area (Å²) in [6, 6.07) is 14.7. The van der Waals surface area contributed by atoms with Crippen LogP contribution in [0.3, 0.4) is 0 Å². The first kappa shape index (κ1) is 24.0. The van der Waals surface area contributed by atoms with Gasteiger partial charge in [0.25, 0.3) is 0 Å². The number of halogens is 1. The van der Waals surface area contributed by atoms with Crippen LogP contribution in [-0.4, -0.2) is 31.5 Å². The monoisotopic (exact) mass is 475 g/mol. The van der Waals surface area contributed by atoms with Gasteiger partial charge in [-0.05, 0) is 56.5 Å². The summed E-state index contributed by atoms with van der Waals surface area (Å²) < 4.78 is 36.2. The molecule has 3 rings (SSSR count). The molecule has 0 saturated heterocycles. The molecule has 0 aliphatic heterocycles. The lowest BCUT2D eigenvalue weighted by atomic mass is 10.1. The Morgan fingerprint density at radius 1 is 1.12 bits per heavy atom. The predicted molar refractivity (Wildman–Crippen MR) is 125 cm³/mol. The fourth-order valence-electron chi connectivity index (χ4n) is 3.30. The first-order valence-electron chi connectivity index (χ1n) is 10.4. The standard InChI is InChI=1S/C24H26ClNO5S/c1-3-30-20-13-11-18(12-14-20)7-6-8-19(27)15-32(28,29)16-23-17(2)31-24(26-23)21-9-4-5-10-22(21)25/h4-5,9-14H,3,6-8,15-16H2,1-2H3. The van der Waals surface area contributed by atoms with E-state index in [9.17, 15) is 13.2 Å². The van der Waals surface area contributed by atoms with Gasteiger partial charge in [-0.15, -0.1) is 0 Å². The molecule has 0 saturated carbocycles. The van der Waals surface area contributed by atoms with Crippen LogP contribution in [0.25, 0.3) is 11.5 Å². The van der Waals surface area contributed by atoms with Crippen molar-refractivity contribution in [3.05, 3.63) is 70.6 Å². The molecule has 2 aromatic carbocycles. The average Bonchev–Trinajstić information content (AvgIpc) is 3.08. The van der Waals surface area contributed by atoms with E-state index < -0.39 is 15.6 Å². The summed E-state index contributed by atoms with van der Waals surface area (Å²) in [5.41, 5.74) is 1.96. The van der Waals surface area contributed by atoms with Crippen LogP contribution in [0, 0.1) is 6.92 Å². The molecule has 0 spiro atoms. The summed E-state index contributed by atoms with van der Waals surface area (Å²) in [6.45, 7) is 4.18. The van der Waals surface area contributed by atoms with Crippen molar-refractivity contribution in [2.75, 3.05) is 12.4 Å². The van der Waals surface area contributed by atoms with Crippen molar-refractivity contribution in [3.63, 3.8) is 0 Å². The smallest absolute Gasteiger partial charge is 0.228 e. The highest BCUT2D eigenvalue weighted by Crippen LogP contribution is 2.29. The Morgan fingerprint density at radius 2 is 1.84 bits per heavy atom. The second-order valence-corrected chi connectivity index (χ2v) is 9.97.